The van der Waals surface area contributed by atoms with Crippen LogP contribution in [0.4, 0.5) is 4.39 Å². The van der Waals surface area contributed by atoms with Crippen LogP contribution in [-0.2, 0) is 0 Å². The van der Waals surface area contributed by atoms with Gasteiger partial charge in [-0.25, -0.2) is 4.39 Å². The maximum atomic E-state index is 13.6. The number of nitrogens with zero attached hydrogens (tertiary/aromatic N) is 3. The quantitative estimate of drug-likeness (QED) is 0.814. The predicted molar refractivity (Wildman–Crippen MR) is 83.5 cm³/mol. The number of hydrogen-bond acceptors (Lipinski definition) is 6. The Morgan fingerprint density at radius 3 is 3.04 bits per heavy atom. The lowest BCUT2D eigenvalue weighted by Crippen LogP contribution is -2.26. The average Bonchev–Trinajstić information content (AvgIpc) is 3.17. The molecule has 2 aromatic rings. The van der Waals surface area contributed by atoms with Crippen molar-refractivity contribution >= 4 is 17.7 Å². The molecule has 0 bridgehead atoms. The van der Waals surface area contributed by atoms with Crippen molar-refractivity contribution in [2.45, 2.75) is 23.8 Å². The van der Waals surface area contributed by atoms with Gasteiger partial charge in [-0.2, -0.15) is 4.98 Å². The lowest BCUT2D eigenvalue weighted by molar-refractivity contribution is 0.0987. The molecule has 23 heavy (non-hydrogen) atoms. The normalized spacial score (nSPS) is 18.4. The summed E-state index contributed by atoms with van der Waals surface area (Å²) >= 11 is 1.48. The number of hydrogen-bond donors (Lipinski definition) is 1. The highest BCUT2D eigenvalue weighted by Gasteiger charge is 2.30. The van der Waals surface area contributed by atoms with Crippen molar-refractivity contribution in [1.82, 2.24) is 15.0 Å². The van der Waals surface area contributed by atoms with Crippen LogP contribution in [0.5, 0.6) is 0 Å². The first-order chi connectivity index (χ1) is 11.1. The predicted octanol–water partition coefficient (Wildman–Crippen LogP) is 2.24. The van der Waals surface area contributed by atoms with E-state index in [-0.39, 0.29) is 17.7 Å². The molecule has 2 heterocycles. The van der Waals surface area contributed by atoms with Gasteiger partial charge in [0.1, 0.15) is 5.82 Å². The van der Waals surface area contributed by atoms with Crippen LogP contribution in [0.1, 0.15) is 35.4 Å². The lowest BCUT2D eigenvalue weighted by atomic mass is 10.2. The number of nitrogens with two attached hydrogens (primary N) is 1. The van der Waals surface area contributed by atoms with Gasteiger partial charge in [-0.05, 0) is 31.5 Å². The number of aromatic nitrogens is 2. The van der Waals surface area contributed by atoms with Crippen molar-refractivity contribution in [3.63, 3.8) is 0 Å². The molecule has 0 spiro atoms. The van der Waals surface area contributed by atoms with Gasteiger partial charge in [0.15, 0.2) is 0 Å². The van der Waals surface area contributed by atoms with Crippen molar-refractivity contribution in [2.75, 3.05) is 18.8 Å². The summed E-state index contributed by atoms with van der Waals surface area (Å²) in [5, 5.41) is 3.59. The second-order valence-electron chi connectivity index (χ2n) is 5.29. The van der Waals surface area contributed by atoms with Gasteiger partial charge < -0.3 is 10.3 Å². The van der Waals surface area contributed by atoms with Crippen LogP contribution >= 0.6 is 11.8 Å². The first-order valence-corrected chi connectivity index (χ1v) is 8.38. The summed E-state index contributed by atoms with van der Waals surface area (Å²) in [6.07, 6.45) is 1.91. The minimum atomic E-state index is -0.695. The van der Waals surface area contributed by atoms with Crippen LogP contribution in [-0.4, -0.2) is 39.8 Å². The summed E-state index contributed by atoms with van der Waals surface area (Å²) in [6.45, 7) is 1.69. The highest BCUT2D eigenvalue weighted by atomic mass is 32.2. The number of amides is 1. The maximum absolute atomic E-state index is 13.6. The zero-order chi connectivity index (χ0) is 16.2. The molecule has 2 N–H and O–H groups in total. The SMILES string of the molecule is NC(=O)c1noc([C@H]2CCCN2CCSc2ccccc2F)n1. The molecule has 8 heteroatoms. The Kier molecular flexibility index (Phi) is 4.92. The summed E-state index contributed by atoms with van der Waals surface area (Å²) in [4.78, 5) is 18.0. The molecule has 1 aliphatic rings. The molecular formula is C15H17FN4O2S. The third kappa shape index (κ3) is 3.70. The number of likely N-dealkylation sites (tertiary alicyclic amines) is 1. The minimum Gasteiger partial charge on any atom is -0.363 e. The molecule has 6 nitrogen and oxygen atoms in total. The zero-order valence-electron chi connectivity index (χ0n) is 12.4. The van der Waals surface area contributed by atoms with E-state index in [4.69, 9.17) is 10.3 Å². The van der Waals surface area contributed by atoms with E-state index in [1.54, 1.807) is 12.1 Å². The maximum Gasteiger partial charge on any atom is 0.290 e. The fourth-order valence-electron chi connectivity index (χ4n) is 2.68. The fraction of sp³-hybridized carbons (Fsp3) is 0.400. The molecule has 0 unspecified atom stereocenters. The fourth-order valence-corrected chi connectivity index (χ4v) is 3.61. The number of benzene rings is 1. The topological polar surface area (TPSA) is 85.2 Å². The van der Waals surface area contributed by atoms with Gasteiger partial charge in [-0.1, -0.05) is 17.3 Å². The number of carbonyl (C=O) groups excluding carboxylic acids is 1. The summed E-state index contributed by atoms with van der Waals surface area (Å²) in [5.74, 6) is 0.201. The molecule has 3 rings (SSSR count). The van der Waals surface area contributed by atoms with E-state index in [0.29, 0.717) is 10.8 Å². The summed E-state index contributed by atoms with van der Waals surface area (Å²) < 4.78 is 18.8. The molecule has 1 aromatic heterocycles. The van der Waals surface area contributed by atoms with E-state index >= 15 is 0 Å². The first-order valence-electron chi connectivity index (χ1n) is 7.40. The standard InChI is InChI=1S/C15H17FN4O2S/c16-10-4-1-2-6-12(10)23-9-8-20-7-3-5-11(20)15-18-14(13(17)21)19-22-15/h1-2,4,6,11H,3,5,7-9H2,(H2,17,21)/t11-/m1/s1. The van der Waals surface area contributed by atoms with Crippen LogP contribution in [0, 0.1) is 5.82 Å². The van der Waals surface area contributed by atoms with Crippen molar-refractivity contribution in [1.29, 1.82) is 0 Å². The van der Waals surface area contributed by atoms with Crippen LogP contribution in [0.25, 0.3) is 0 Å². The van der Waals surface area contributed by atoms with E-state index < -0.39 is 5.91 Å². The Morgan fingerprint density at radius 2 is 2.30 bits per heavy atom. The molecule has 0 radical (unpaired) electrons. The number of thioether (sulfide) groups is 1. The Hall–Kier alpha value is -1.93. The molecule has 1 fully saturated rings. The Bertz CT molecular complexity index is 694. The van der Waals surface area contributed by atoms with E-state index in [9.17, 15) is 9.18 Å². The van der Waals surface area contributed by atoms with Gasteiger partial charge >= 0.3 is 0 Å². The monoisotopic (exact) mass is 336 g/mol. The Labute approximate surface area is 137 Å². The minimum absolute atomic E-state index is 0.00294. The second-order valence-corrected chi connectivity index (χ2v) is 6.43. The Balaban J connectivity index is 1.58. The Morgan fingerprint density at radius 1 is 1.48 bits per heavy atom. The van der Waals surface area contributed by atoms with Crippen molar-refractivity contribution in [3.05, 3.63) is 41.8 Å². The molecule has 1 aromatic carbocycles. The van der Waals surface area contributed by atoms with Crippen LogP contribution in [0.2, 0.25) is 0 Å². The third-order valence-electron chi connectivity index (χ3n) is 3.78. The van der Waals surface area contributed by atoms with Gasteiger partial charge in [-0.3, -0.25) is 9.69 Å². The van der Waals surface area contributed by atoms with E-state index in [0.717, 1.165) is 31.7 Å². The van der Waals surface area contributed by atoms with Gasteiger partial charge in [0, 0.05) is 17.2 Å². The molecule has 0 aliphatic carbocycles. The van der Waals surface area contributed by atoms with Crippen LogP contribution in [0.15, 0.2) is 33.7 Å². The van der Waals surface area contributed by atoms with E-state index in [2.05, 4.69) is 15.0 Å². The highest BCUT2D eigenvalue weighted by Crippen LogP contribution is 2.31. The number of rotatable bonds is 6. The van der Waals surface area contributed by atoms with Crippen LogP contribution in [0.3, 0.4) is 0 Å². The number of carbonyl (C=O) groups is 1. The highest BCUT2D eigenvalue weighted by molar-refractivity contribution is 7.99. The zero-order valence-corrected chi connectivity index (χ0v) is 13.3. The largest absolute Gasteiger partial charge is 0.363 e. The molecule has 1 aliphatic heterocycles. The third-order valence-corrected chi connectivity index (χ3v) is 4.81. The van der Waals surface area contributed by atoms with Crippen molar-refractivity contribution < 1.29 is 13.7 Å². The van der Waals surface area contributed by atoms with Gasteiger partial charge in [0.25, 0.3) is 11.7 Å². The smallest absolute Gasteiger partial charge is 0.290 e. The second kappa shape index (κ2) is 7.10. The average molecular weight is 336 g/mol. The molecular weight excluding hydrogens is 319 g/mol. The lowest BCUT2D eigenvalue weighted by Gasteiger charge is -2.21. The van der Waals surface area contributed by atoms with Crippen LogP contribution < -0.4 is 5.73 Å². The van der Waals surface area contributed by atoms with E-state index in [1.165, 1.54) is 17.8 Å². The number of primary amides is 1. The van der Waals surface area contributed by atoms with E-state index in [1.807, 2.05) is 6.07 Å². The summed E-state index contributed by atoms with van der Waals surface area (Å²) in [6, 6.07) is 6.75. The van der Waals surface area contributed by atoms with Gasteiger partial charge in [0.2, 0.25) is 5.89 Å². The van der Waals surface area contributed by atoms with Gasteiger partial charge in [0.05, 0.1) is 6.04 Å². The van der Waals surface area contributed by atoms with Crippen molar-refractivity contribution in [2.24, 2.45) is 5.73 Å². The molecule has 0 saturated carbocycles. The van der Waals surface area contributed by atoms with Gasteiger partial charge in [-0.15, -0.1) is 11.8 Å². The summed E-state index contributed by atoms with van der Waals surface area (Å²) in [7, 11) is 0. The number of halogens is 1. The molecule has 122 valence electrons. The molecule has 1 atom stereocenters. The molecule has 1 saturated heterocycles. The first kappa shape index (κ1) is 15.9. The summed E-state index contributed by atoms with van der Waals surface area (Å²) in [5.41, 5.74) is 5.14. The van der Waals surface area contributed by atoms with Crippen molar-refractivity contribution in [3.8, 4) is 0 Å². The molecule has 1 amide bonds.